The van der Waals surface area contributed by atoms with E-state index in [2.05, 4.69) is 31.9 Å². The summed E-state index contributed by atoms with van der Waals surface area (Å²) in [5.41, 5.74) is 1.57. The Labute approximate surface area is 140 Å². The Balaban J connectivity index is 2.04. The zero-order chi connectivity index (χ0) is 15.2. The molecule has 0 aliphatic carbocycles. The van der Waals surface area contributed by atoms with Crippen LogP contribution < -0.4 is 4.74 Å². The molecule has 5 heteroatoms. The van der Waals surface area contributed by atoms with Crippen molar-refractivity contribution in [1.29, 1.82) is 0 Å². The third-order valence-corrected chi connectivity index (χ3v) is 3.90. The summed E-state index contributed by atoms with van der Waals surface area (Å²) in [6, 6.07) is 13.1. The maximum atomic E-state index is 11.6. The molecule has 2 aromatic carbocycles. The lowest BCUT2D eigenvalue weighted by Gasteiger charge is -2.10. The number of carbonyl (C=O) groups excluding carboxylic acids is 1. The van der Waals surface area contributed by atoms with Gasteiger partial charge >= 0.3 is 5.97 Å². The third kappa shape index (κ3) is 4.58. The summed E-state index contributed by atoms with van der Waals surface area (Å²) in [6.07, 6.45) is 0. The molecule has 2 aromatic rings. The number of esters is 1. The summed E-state index contributed by atoms with van der Waals surface area (Å²) in [5.74, 6) is 0.351. The van der Waals surface area contributed by atoms with E-state index in [0.29, 0.717) is 24.5 Å². The highest BCUT2D eigenvalue weighted by Crippen LogP contribution is 2.27. The van der Waals surface area contributed by atoms with Crippen LogP contribution in [-0.2, 0) is 11.3 Å². The van der Waals surface area contributed by atoms with Crippen molar-refractivity contribution in [2.45, 2.75) is 13.5 Å². The van der Waals surface area contributed by atoms with Crippen LogP contribution in [0.2, 0.25) is 0 Å². The van der Waals surface area contributed by atoms with Gasteiger partial charge in [0.15, 0.2) is 0 Å². The fourth-order valence-electron chi connectivity index (χ4n) is 1.70. The maximum absolute atomic E-state index is 11.6. The summed E-state index contributed by atoms with van der Waals surface area (Å²) in [5, 5.41) is 0. The number of benzene rings is 2. The van der Waals surface area contributed by atoms with Crippen molar-refractivity contribution in [1.82, 2.24) is 0 Å². The average molecular weight is 414 g/mol. The largest absolute Gasteiger partial charge is 0.488 e. The summed E-state index contributed by atoms with van der Waals surface area (Å²) in [4.78, 5) is 11.6. The molecule has 0 radical (unpaired) electrons. The predicted octanol–water partition coefficient (Wildman–Crippen LogP) is 4.97. The van der Waals surface area contributed by atoms with E-state index in [1.165, 1.54) is 0 Å². The molecule has 0 bridgehead atoms. The predicted molar refractivity (Wildman–Crippen MR) is 88.6 cm³/mol. The second kappa shape index (κ2) is 7.61. The van der Waals surface area contributed by atoms with Gasteiger partial charge < -0.3 is 9.47 Å². The Morgan fingerprint density at radius 3 is 2.43 bits per heavy atom. The third-order valence-electron chi connectivity index (χ3n) is 2.75. The molecular formula is C16H14Br2O3. The smallest absolute Gasteiger partial charge is 0.338 e. The lowest BCUT2D eigenvalue weighted by atomic mass is 10.2. The second-order valence-corrected chi connectivity index (χ2v) is 6.05. The topological polar surface area (TPSA) is 35.5 Å². The van der Waals surface area contributed by atoms with Crippen molar-refractivity contribution in [3.8, 4) is 5.75 Å². The Morgan fingerprint density at radius 1 is 1.10 bits per heavy atom. The molecule has 0 amide bonds. The van der Waals surface area contributed by atoms with Crippen LogP contribution in [0.4, 0.5) is 0 Å². The summed E-state index contributed by atoms with van der Waals surface area (Å²) in [7, 11) is 0. The number of halogens is 2. The monoisotopic (exact) mass is 412 g/mol. The Hall–Kier alpha value is -1.33. The van der Waals surface area contributed by atoms with Crippen molar-refractivity contribution in [2.75, 3.05) is 6.61 Å². The van der Waals surface area contributed by atoms with Crippen LogP contribution in [0, 0.1) is 0 Å². The van der Waals surface area contributed by atoms with Crippen molar-refractivity contribution >= 4 is 37.8 Å². The maximum Gasteiger partial charge on any atom is 0.338 e. The fraction of sp³-hybridized carbons (Fsp3) is 0.188. The molecule has 21 heavy (non-hydrogen) atoms. The zero-order valence-corrected chi connectivity index (χ0v) is 14.6. The van der Waals surface area contributed by atoms with Crippen LogP contribution >= 0.6 is 31.9 Å². The summed E-state index contributed by atoms with van der Waals surface area (Å²) < 4.78 is 12.5. The van der Waals surface area contributed by atoms with Crippen LogP contribution in [0.25, 0.3) is 0 Å². The first-order valence-corrected chi connectivity index (χ1v) is 8.02. The first-order valence-electron chi connectivity index (χ1n) is 6.44. The van der Waals surface area contributed by atoms with Gasteiger partial charge in [0.2, 0.25) is 0 Å². The van der Waals surface area contributed by atoms with Gasteiger partial charge in [-0.1, -0.05) is 28.1 Å². The molecule has 0 unspecified atom stereocenters. The number of hydrogen-bond donors (Lipinski definition) is 0. The van der Waals surface area contributed by atoms with Gasteiger partial charge in [-0.3, -0.25) is 0 Å². The summed E-state index contributed by atoms with van der Waals surface area (Å²) >= 11 is 6.81. The first-order chi connectivity index (χ1) is 10.1. The van der Waals surface area contributed by atoms with Crippen LogP contribution in [-0.4, -0.2) is 12.6 Å². The average Bonchev–Trinajstić information content (AvgIpc) is 2.48. The van der Waals surface area contributed by atoms with Gasteiger partial charge in [-0.15, -0.1) is 0 Å². The highest BCUT2D eigenvalue weighted by Gasteiger charge is 2.10. The molecule has 0 heterocycles. The molecule has 0 N–H and O–H groups in total. The van der Waals surface area contributed by atoms with Crippen LogP contribution in [0.15, 0.2) is 51.4 Å². The number of carbonyl (C=O) groups is 1. The quantitative estimate of drug-likeness (QED) is 0.649. The van der Waals surface area contributed by atoms with Gasteiger partial charge in [-0.25, -0.2) is 4.79 Å². The molecular weight excluding hydrogens is 400 g/mol. The van der Waals surface area contributed by atoms with Crippen LogP contribution in [0.1, 0.15) is 22.8 Å². The van der Waals surface area contributed by atoms with E-state index in [-0.39, 0.29) is 5.97 Å². The van der Waals surface area contributed by atoms with E-state index in [4.69, 9.17) is 9.47 Å². The van der Waals surface area contributed by atoms with Crippen molar-refractivity contribution < 1.29 is 14.3 Å². The van der Waals surface area contributed by atoms with Gasteiger partial charge in [0.25, 0.3) is 0 Å². The number of rotatable bonds is 5. The van der Waals surface area contributed by atoms with E-state index in [0.717, 1.165) is 14.5 Å². The highest BCUT2D eigenvalue weighted by atomic mass is 79.9. The molecule has 0 atom stereocenters. The van der Waals surface area contributed by atoms with Gasteiger partial charge in [0.1, 0.15) is 12.4 Å². The lowest BCUT2D eigenvalue weighted by molar-refractivity contribution is 0.0526. The molecule has 0 aromatic heterocycles. The minimum absolute atomic E-state index is 0.336. The molecule has 0 saturated heterocycles. The minimum atomic E-state index is -0.336. The Kier molecular flexibility index (Phi) is 5.82. The van der Waals surface area contributed by atoms with Gasteiger partial charge in [0, 0.05) is 4.47 Å². The fourth-order valence-corrected chi connectivity index (χ4v) is 2.46. The molecule has 0 aliphatic heterocycles. The van der Waals surface area contributed by atoms with Crippen molar-refractivity contribution in [3.05, 3.63) is 62.5 Å². The molecule has 0 aliphatic rings. The minimum Gasteiger partial charge on any atom is -0.488 e. The van der Waals surface area contributed by atoms with Crippen LogP contribution in [0.5, 0.6) is 5.75 Å². The van der Waals surface area contributed by atoms with Gasteiger partial charge in [-0.05, 0) is 58.7 Å². The molecule has 2 rings (SSSR count). The molecule has 0 spiro atoms. The van der Waals surface area contributed by atoms with Crippen molar-refractivity contribution in [3.63, 3.8) is 0 Å². The highest BCUT2D eigenvalue weighted by molar-refractivity contribution is 9.10. The Bertz CT molecular complexity index is 624. The van der Waals surface area contributed by atoms with E-state index in [1.807, 2.05) is 24.3 Å². The zero-order valence-electron chi connectivity index (χ0n) is 11.4. The molecule has 3 nitrogen and oxygen atoms in total. The first kappa shape index (κ1) is 16.0. The summed E-state index contributed by atoms with van der Waals surface area (Å²) in [6.45, 7) is 2.60. The molecule has 0 fully saturated rings. The molecule has 0 saturated carbocycles. The normalized spacial score (nSPS) is 10.2. The molecule has 110 valence electrons. The Morgan fingerprint density at radius 2 is 1.81 bits per heavy atom. The van der Waals surface area contributed by atoms with Crippen molar-refractivity contribution in [2.24, 2.45) is 0 Å². The second-order valence-electron chi connectivity index (χ2n) is 4.28. The van der Waals surface area contributed by atoms with E-state index < -0.39 is 0 Å². The van der Waals surface area contributed by atoms with E-state index in [1.54, 1.807) is 25.1 Å². The van der Waals surface area contributed by atoms with Crippen LogP contribution in [0.3, 0.4) is 0 Å². The number of ether oxygens (including phenoxy) is 2. The lowest BCUT2D eigenvalue weighted by Crippen LogP contribution is -2.05. The van der Waals surface area contributed by atoms with E-state index in [9.17, 15) is 4.79 Å². The van der Waals surface area contributed by atoms with Gasteiger partial charge in [0.05, 0.1) is 16.6 Å². The number of hydrogen-bond acceptors (Lipinski definition) is 3. The standard InChI is InChI=1S/C16H14Br2O3/c1-2-20-16(19)12-5-8-15(14(18)9-12)21-10-11-3-6-13(17)7-4-11/h3-9H,2,10H2,1H3. The van der Waals surface area contributed by atoms with Gasteiger partial charge in [-0.2, -0.15) is 0 Å². The SMILES string of the molecule is CCOC(=O)c1ccc(OCc2ccc(Br)cc2)c(Br)c1. The van der Waals surface area contributed by atoms with E-state index >= 15 is 0 Å².